The predicted molar refractivity (Wildman–Crippen MR) is 91.0 cm³/mol. The Morgan fingerprint density at radius 2 is 2.20 bits per heavy atom. The van der Waals surface area contributed by atoms with Crippen molar-refractivity contribution in [3.05, 3.63) is 52.0 Å². The maximum Gasteiger partial charge on any atom is 0.263 e. The number of hydrogen-bond acceptors (Lipinski definition) is 4. The molecule has 2 aromatic rings. The number of aromatic nitrogens is 3. The number of carbonyl (C=O) groups is 2. The second-order valence-corrected chi connectivity index (χ2v) is 6.15. The number of pyridine rings is 1. The monoisotopic (exact) mass is 343 g/mol. The number of fused-ring (bicyclic) bond motifs is 1. The minimum Gasteiger partial charge on any atom is -0.359 e. The summed E-state index contributed by atoms with van der Waals surface area (Å²) in [5.41, 5.74) is 0.589. The molecule has 0 aliphatic carbocycles. The molecular formula is C17H21N5O3. The smallest absolute Gasteiger partial charge is 0.263 e. The summed E-state index contributed by atoms with van der Waals surface area (Å²) in [4.78, 5) is 40.5. The van der Waals surface area contributed by atoms with Crippen LogP contribution in [0.2, 0.25) is 0 Å². The molecule has 1 aliphatic heterocycles. The van der Waals surface area contributed by atoms with E-state index in [1.807, 2.05) is 4.57 Å². The van der Waals surface area contributed by atoms with Crippen LogP contribution in [0.15, 0.2) is 29.3 Å². The third-order valence-electron chi connectivity index (χ3n) is 4.56. The van der Waals surface area contributed by atoms with Crippen LogP contribution in [-0.4, -0.2) is 33.0 Å². The Balaban J connectivity index is 1.72. The largest absolute Gasteiger partial charge is 0.359 e. The molecule has 3 heterocycles. The average molecular weight is 343 g/mol. The molecule has 2 aromatic heterocycles. The van der Waals surface area contributed by atoms with Crippen molar-refractivity contribution < 1.29 is 9.59 Å². The van der Waals surface area contributed by atoms with Crippen molar-refractivity contribution in [3.8, 4) is 0 Å². The first-order valence-electron chi connectivity index (χ1n) is 8.20. The molecule has 25 heavy (non-hydrogen) atoms. The fourth-order valence-electron chi connectivity index (χ4n) is 3.09. The highest BCUT2D eigenvalue weighted by atomic mass is 16.2. The van der Waals surface area contributed by atoms with Crippen molar-refractivity contribution in [1.29, 1.82) is 0 Å². The molecule has 0 fully saturated rings. The predicted octanol–water partition coefficient (Wildman–Crippen LogP) is -0.180. The minimum atomic E-state index is -0.421. The summed E-state index contributed by atoms with van der Waals surface area (Å²) < 4.78 is 3.34. The first kappa shape index (κ1) is 16.9. The maximum atomic E-state index is 12.3. The lowest BCUT2D eigenvalue weighted by molar-refractivity contribution is -0.125. The molecule has 2 amide bonds. The summed E-state index contributed by atoms with van der Waals surface area (Å²) in [5, 5.41) is 5.44. The van der Waals surface area contributed by atoms with Crippen molar-refractivity contribution in [3.63, 3.8) is 0 Å². The van der Waals surface area contributed by atoms with Gasteiger partial charge in [0.15, 0.2) is 0 Å². The Morgan fingerprint density at radius 1 is 1.40 bits per heavy atom. The summed E-state index contributed by atoms with van der Waals surface area (Å²) in [6, 6.07) is 3.16. The number of nitrogens with one attached hydrogen (secondary N) is 2. The van der Waals surface area contributed by atoms with Crippen molar-refractivity contribution in [1.82, 2.24) is 24.8 Å². The number of amides is 2. The van der Waals surface area contributed by atoms with Gasteiger partial charge in [0.1, 0.15) is 11.4 Å². The van der Waals surface area contributed by atoms with Gasteiger partial charge in [0.25, 0.3) is 11.5 Å². The molecule has 0 bridgehead atoms. The van der Waals surface area contributed by atoms with E-state index in [1.165, 1.54) is 10.6 Å². The number of hydrogen-bond donors (Lipinski definition) is 2. The maximum absolute atomic E-state index is 12.3. The second kappa shape index (κ2) is 6.92. The zero-order chi connectivity index (χ0) is 18.0. The average Bonchev–Trinajstić information content (AvgIpc) is 3.03. The number of rotatable bonds is 4. The van der Waals surface area contributed by atoms with E-state index in [4.69, 9.17) is 0 Å². The molecule has 1 aliphatic rings. The Bertz CT molecular complexity index is 867. The van der Waals surface area contributed by atoms with Gasteiger partial charge in [-0.05, 0) is 18.6 Å². The molecule has 1 unspecified atom stereocenters. The van der Waals surface area contributed by atoms with Crippen LogP contribution < -0.4 is 16.2 Å². The second-order valence-electron chi connectivity index (χ2n) is 6.15. The van der Waals surface area contributed by atoms with Gasteiger partial charge in [0, 0.05) is 33.3 Å². The highest BCUT2D eigenvalue weighted by molar-refractivity contribution is 5.93. The van der Waals surface area contributed by atoms with Crippen LogP contribution in [0.4, 0.5) is 0 Å². The van der Waals surface area contributed by atoms with Crippen molar-refractivity contribution >= 4 is 11.8 Å². The van der Waals surface area contributed by atoms with Gasteiger partial charge < -0.3 is 19.8 Å². The van der Waals surface area contributed by atoms with E-state index in [9.17, 15) is 14.4 Å². The quantitative estimate of drug-likeness (QED) is 0.805. The zero-order valence-corrected chi connectivity index (χ0v) is 14.3. The lowest BCUT2D eigenvalue weighted by atomic mass is 9.98. The van der Waals surface area contributed by atoms with E-state index in [-0.39, 0.29) is 29.5 Å². The summed E-state index contributed by atoms with van der Waals surface area (Å²) in [6.45, 7) is 0.803. The molecule has 1 atom stereocenters. The molecule has 0 aromatic carbocycles. The highest BCUT2D eigenvalue weighted by Gasteiger charge is 2.26. The number of aryl methyl sites for hydroxylation is 2. The molecule has 132 valence electrons. The number of carbonyl (C=O) groups excluding carboxylic acids is 2. The van der Waals surface area contributed by atoms with Crippen LogP contribution in [0.5, 0.6) is 0 Å². The van der Waals surface area contributed by atoms with Crippen molar-refractivity contribution in [2.24, 2.45) is 13.0 Å². The van der Waals surface area contributed by atoms with Gasteiger partial charge in [0.2, 0.25) is 5.91 Å². The van der Waals surface area contributed by atoms with Crippen molar-refractivity contribution in [2.75, 3.05) is 7.05 Å². The summed E-state index contributed by atoms with van der Waals surface area (Å²) in [6.07, 6.45) is 4.81. The molecule has 0 saturated heterocycles. The summed E-state index contributed by atoms with van der Waals surface area (Å²) >= 11 is 0. The van der Waals surface area contributed by atoms with Crippen LogP contribution in [0, 0.1) is 5.92 Å². The molecule has 8 nitrogen and oxygen atoms in total. The van der Waals surface area contributed by atoms with Crippen LogP contribution in [0.1, 0.15) is 28.3 Å². The number of imidazole rings is 1. The Morgan fingerprint density at radius 3 is 2.96 bits per heavy atom. The van der Waals surface area contributed by atoms with Gasteiger partial charge in [-0.15, -0.1) is 0 Å². The number of nitrogens with zero attached hydrogens (tertiary/aromatic N) is 3. The minimum absolute atomic E-state index is 0.0158. The fraction of sp³-hybridized carbons (Fsp3) is 0.412. The van der Waals surface area contributed by atoms with E-state index in [0.717, 1.165) is 24.4 Å². The van der Waals surface area contributed by atoms with Gasteiger partial charge >= 0.3 is 0 Å². The Labute approximate surface area is 144 Å². The standard InChI is InChI=1S/C17H21N5O3/c1-18-15(23)11-5-6-14-19-8-12(22(14)10-11)9-20-16(24)13-4-3-7-21(2)17(13)25/h3-4,7-8,11H,5-6,9-10H2,1-2H3,(H,18,23)(H,20,24). The topological polar surface area (TPSA) is 98.0 Å². The normalized spacial score (nSPS) is 16.2. The summed E-state index contributed by atoms with van der Waals surface area (Å²) in [5.74, 6) is 0.417. The van der Waals surface area contributed by atoms with Gasteiger partial charge in [-0.3, -0.25) is 14.4 Å². The van der Waals surface area contributed by atoms with Crippen molar-refractivity contribution in [2.45, 2.75) is 25.9 Å². The van der Waals surface area contributed by atoms with E-state index >= 15 is 0 Å². The molecule has 8 heteroatoms. The van der Waals surface area contributed by atoms with Gasteiger partial charge in [-0.2, -0.15) is 0 Å². The van der Waals surface area contributed by atoms with Gasteiger partial charge in [0.05, 0.1) is 24.4 Å². The Kier molecular flexibility index (Phi) is 4.69. The lowest BCUT2D eigenvalue weighted by Gasteiger charge is -2.24. The molecule has 0 saturated carbocycles. The van der Waals surface area contributed by atoms with E-state index in [0.29, 0.717) is 6.54 Å². The van der Waals surface area contributed by atoms with Crippen LogP contribution in [-0.2, 0) is 31.4 Å². The van der Waals surface area contributed by atoms with Crippen LogP contribution >= 0.6 is 0 Å². The molecule has 0 radical (unpaired) electrons. The van der Waals surface area contributed by atoms with E-state index < -0.39 is 5.91 Å². The SMILES string of the molecule is CNC(=O)C1CCc2ncc(CNC(=O)c3cccn(C)c3=O)n2C1. The Hall–Kier alpha value is -2.90. The van der Waals surface area contributed by atoms with E-state index in [1.54, 1.807) is 32.6 Å². The third kappa shape index (κ3) is 3.33. The summed E-state index contributed by atoms with van der Waals surface area (Å²) in [7, 11) is 3.23. The van der Waals surface area contributed by atoms with Crippen LogP contribution in [0.3, 0.4) is 0 Å². The van der Waals surface area contributed by atoms with Gasteiger partial charge in [-0.25, -0.2) is 4.98 Å². The lowest BCUT2D eigenvalue weighted by Crippen LogP contribution is -2.35. The third-order valence-corrected chi connectivity index (χ3v) is 4.56. The molecule has 3 rings (SSSR count). The fourth-order valence-corrected chi connectivity index (χ4v) is 3.09. The molecule has 2 N–H and O–H groups in total. The molecule has 0 spiro atoms. The van der Waals surface area contributed by atoms with Crippen LogP contribution in [0.25, 0.3) is 0 Å². The van der Waals surface area contributed by atoms with E-state index in [2.05, 4.69) is 15.6 Å². The molecular weight excluding hydrogens is 322 g/mol. The first-order chi connectivity index (χ1) is 12.0. The zero-order valence-electron chi connectivity index (χ0n) is 14.3. The van der Waals surface area contributed by atoms with Gasteiger partial charge in [-0.1, -0.05) is 0 Å². The highest BCUT2D eigenvalue weighted by Crippen LogP contribution is 2.21. The first-order valence-corrected chi connectivity index (χ1v) is 8.20.